The Bertz CT molecular complexity index is 1150. The van der Waals surface area contributed by atoms with Gasteiger partial charge in [0.05, 0.1) is 12.0 Å². The van der Waals surface area contributed by atoms with Crippen LogP contribution in [-0.2, 0) is 4.79 Å². The molecule has 1 heterocycles. The zero-order valence-electron chi connectivity index (χ0n) is 17.7. The predicted molar refractivity (Wildman–Crippen MR) is 135 cm³/mol. The van der Waals surface area contributed by atoms with Crippen molar-refractivity contribution in [1.29, 1.82) is 0 Å². The quantitative estimate of drug-likeness (QED) is 0.221. The topological polar surface area (TPSA) is 92.4 Å². The van der Waals surface area contributed by atoms with Gasteiger partial charge in [-0.3, -0.25) is 9.36 Å². The third-order valence-corrected chi connectivity index (χ3v) is 7.11. The first-order valence-corrected chi connectivity index (χ1v) is 12.8. The second kappa shape index (κ2) is 11.2. The molecule has 2 aromatic carbocycles. The Morgan fingerprint density at radius 1 is 1.21 bits per heavy atom. The lowest BCUT2D eigenvalue weighted by Crippen LogP contribution is -2.20. The molecule has 1 fully saturated rings. The highest BCUT2D eigenvalue weighted by molar-refractivity contribution is 9.10. The number of hydrogen-bond acceptors (Lipinski definition) is 6. The molecule has 4 rings (SSSR count). The highest BCUT2D eigenvalue weighted by atomic mass is 79.9. The molecular weight excluding hydrogens is 526 g/mol. The molecule has 10 heteroatoms. The highest BCUT2D eigenvalue weighted by Crippen LogP contribution is 2.35. The van der Waals surface area contributed by atoms with Crippen molar-refractivity contribution >= 4 is 51.4 Å². The van der Waals surface area contributed by atoms with Gasteiger partial charge >= 0.3 is 0 Å². The van der Waals surface area contributed by atoms with Crippen LogP contribution in [0.5, 0.6) is 5.75 Å². The maximum Gasteiger partial charge on any atom is 0.250 e. The number of phenolic OH excluding ortho intramolecular Hbond substituents is 1. The number of hydrazone groups is 1. The molecule has 1 aromatic heterocycles. The molecule has 172 valence electrons. The number of hydrogen-bond donors (Lipinski definition) is 2. The molecule has 0 radical (unpaired) electrons. The van der Waals surface area contributed by atoms with E-state index in [1.807, 2.05) is 24.3 Å². The lowest BCUT2D eigenvalue weighted by molar-refractivity contribution is -0.118. The Morgan fingerprint density at radius 3 is 2.73 bits per heavy atom. The van der Waals surface area contributed by atoms with E-state index >= 15 is 0 Å². The normalized spacial score (nSPS) is 14.6. The molecule has 0 bridgehead atoms. The summed E-state index contributed by atoms with van der Waals surface area (Å²) in [5.41, 5.74) is 3.96. The van der Waals surface area contributed by atoms with Gasteiger partial charge in [-0.25, -0.2) is 5.43 Å². The van der Waals surface area contributed by atoms with Crippen LogP contribution in [0.25, 0.3) is 11.4 Å². The first kappa shape index (κ1) is 23.8. The van der Waals surface area contributed by atoms with Crippen LogP contribution in [0.2, 0.25) is 5.02 Å². The first-order valence-electron chi connectivity index (χ1n) is 10.7. The van der Waals surface area contributed by atoms with Gasteiger partial charge in [0.25, 0.3) is 5.91 Å². The van der Waals surface area contributed by atoms with Crippen molar-refractivity contribution in [2.75, 3.05) is 5.75 Å². The number of carbonyl (C=O) groups is 1. The number of halogens is 2. The molecule has 1 saturated carbocycles. The lowest BCUT2D eigenvalue weighted by atomic mass is 9.95. The average Bonchev–Trinajstić information content (AvgIpc) is 3.25. The summed E-state index contributed by atoms with van der Waals surface area (Å²) in [6.45, 7) is 0. The third kappa shape index (κ3) is 6.16. The van der Waals surface area contributed by atoms with Crippen LogP contribution in [0.3, 0.4) is 0 Å². The monoisotopic (exact) mass is 547 g/mol. The number of carbonyl (C=O) groups excluding carboxylic acids is 1. The minimum Gasteiger partial charge on any atom is -0.507 e. The standard InChI is InChI=1S/C23H23BrClN5O2S/c24-17-8-11-20(31)16(12-17)13-26-27-21(32)14-33-23-29-28-22(15-6-9-18(25)10-7-15)30(23)19-4-2-1-3-5-19/h6-13,19,31H,1-5,14H2,(H,27,32)/b26-13-. The van der Waals surface area contributed by atoms with Gasteiger partial charge in [-0.1, -0.05) is 58.6 Å². The van der Waals surface area contributed by atoms with Gasteiger partial charge in [0.15, 0.2) is 11.0 Å². The number of nitrogens with zero attached hydrogens (tertiary/aromatic N) is 4. The molecule has 3 aromatic rings. The van der Waals surface area contributed by atoms with E-state index in [9.17, 15) is 9.90 Å². The van der Waals surface area contributed by atoms with Crippen molar-refractivity contribution < 1.29 is 9.90 Å². The van der Waals surface area contributed by atoms with Gasteiger partial charge in [0.2, 0.25) is 0 Å². The Morgan fingerprint density at radius 2 is 1.97 bits per heavy atom. The van der Waals surface area contributed by atoms with E-state index < -0.39 is 0 Å². The van der Waals surface area contributed by atoms with E-state index in [1.165, 1.54) is 37.2 Å². The SMILES string of the molecule is O=C(CSc1nnc(-c2ccc(Cl)cc2)n1C1CCCCC1)N/N=C\c1cc(Br)ccc1O. The molecule has 0 unspecified atom stereocenters. The Labute approximate surface area is 209 Å². The lowest BCUT2D eigenvalue weighted by Gasteiger charge is -2.25. The minimum absolute atomic E-state index is 0.0842. The van der Waals surface area contributed by atoms with E-state index in [0.717, 1.165) is 33.9 Å². The van der Waals surface area contributed by atoms with Crippen LogP contribution in [0, 0.1) is 0 Å². The van der Waals surface area contributed by atoms with Crippen molar-refractivity contribution in [1.82, 2.24) is 20.2 Å². The number of amides is 1. The number of thioether (sulfide) groups is 1. The molecule has 1 aliphatic rings. The molecule has 0 spiro atoms. The molecule has 1 amide bonds. The maximum atomic E-state index is 12.4. The van der Waals surface area contributed by atoms with Crippen LogP contribution >= 0.6 is 39.3 Å². The molecule has 33 heavy (non-hydrogen) atoms. The second-order valence-electron chi connectivity index (χ2n) is 7.76. The average molecular weight is 549 g/mol. The smallest absolute Gasteiger partial charge is 0.250 e. The number of aromatic nitrogens is 3. The van der Waals surface area contributed by atoms with Crippen LogP contribution in [-0.4, -0.2) is 37.7 Å². The largest absolute Gasteiger partial charge is 0.507 e. The van der Waals surface area contributed by atoms with Gasteiger partial charge in [-0.2, -0.15) is 5.10 Å². The first-order chi connectivity index (χ1) is 16.0. The molecule has 1 aliphatic carbocycles. The van der Waals surface area contributed by atoms with Crippen LogP contribution in [0.4, 0.5) is 0 Å². The molecule has 0 aliphatic heterocycles. The number of rotatable bonds is 7. The van der Waals surface area contributed by atoms with Crippen LogP contribution in [0.1, 0.15) is 43.7 Å². The highest BCUT2D eigenvalue weighted by Gasteiger charge is 2.24. The summed E-state index contributed by atoms with van der Waals surface area (Å²) in [5.74, 6) is 0.760. The van der Waals surface area contributed by atoms with E-state index in [1.54, 1.807) is 18.2 Å². The molecule has 2 N–H and O–H groups in total. The summed E-state index contributed by atoms with van der Waals surface area (Å²) in [6, 6.07) is 12.9. The van der Waals surface area contributed by atoms with Gasteiger partial charge in [0.1, 0.15) is 5.75 Å². The fourth-order valence-electron chi connectivity index (χ4n) is 3.80. The summed E-state index contributed by atoms with van der Waals surface area (Å²) in [6.07, 6.45) is 7.13. The summed E-state index contributed by atoms with van der Waals surface area (Å²) >= 11 is 10.7. The minimum atomic E-state index is -0.267. The van der Waals surface area contributed by atoms with Crippen molar-refractivity contribution in [3.8, 4) is 17.1 Å². The predicted octanol–water partition coefficient (Wildman–Crippen LogP) is 5.81. The van der Waals surface area contributed by atoms with Crippen molar-refractivity contribution in [2.45, 2.75) is 43.3 Å². The maximum absolute atomic E-state index is 12.4. The van der Waals surface area contributed by atoms with Crippen molar-refractivity contribution in [2.24, 2.45) is 5.10 Å². The summed E-state index contributed by atoms with van der Waals surface area (Å²) < 4.78 is 2.98. The summed E-state index contributed by atoms with van der Waals surface area (Å²) in [5, 5.41) is 24.1. The fourth-order valence-corrected chi connectivity index (χ4v) is 5.11. The van der Waals surface area contributed by atoms with Crippen molar-refractivity contribution in [3.05, 3.63) is 57.5 Å². The van der Waals surface area contributed by atoms with E-state index in [2.05, 4.69) is 41.2 Å². The molecule has 0 saturated heterocycles. The van der Waals surface area contributed by atoms with Gasteiger partial charge in [0, 0.05) is 26.7 Å². The van der Waals surface area contributed by atoms with Gasteiger partial charge in [-0.15, -0.1) is 10.2 Å². The van der Waals surface area contributed by atoms with E-state index in [4.69, 9.17) is 11.6 Å². The van der Waals surface area contributed by atoms with Crippen molar-refractivity contribution in [3.63, 3.8) is 0 Å². The Hall–Kier alpha value is -2.36. The number of phenols is 1. The van der Waals surface area contributed by atoms with Crippen LogP contribution < -0.4 is 5.43 Å². The molecule has 0 atom stereocenters. The zero-order chi connectivity index (χ0) is 23.2. The van der Waals surface area contributed by atoms with E-state index in [-0.39, 0.29) is 17.4 Å². The number of aromatic hydroxyl groups is 1. The van der Waals surface area contributed by atoms with Crippen LogP contribution in [0.15, 0.2) is 57.2 Å². The number of nitrogens with one attached hydrogen (secondary N) is 1. The third-order valence-electron chi connectivity index (χ3n) is 5.42. The zero-order valence-corrected chi connectivity index (χ0v) is 20.9. The second-order valence-corrected chi connectivity index (χ2v) is 10.1. The Balaban J connectivity index is 1.46. The fraction of sp³-hybridized carbons (Fsp3) is 0.304. The van der Waals surface area contributed by atoms with Gasteiger partial charge in [-0.05, 0) is 55.3 Å². The number of benzene rings is 2. The molecule has 7 nitrogen and oxygen atoms in total. The Kier molecular flexibility index (Phi) is 8.06. The summed E-state index contributed by atoms with van der Waals surface area (Å²) in [4.78, 5) is 12.4. The van der Waals surface area contributed by atoms with Gasteiger partial charge < -0.3 is 5.11 Å². The molecular formula is C23H23BrClN5O2S. The summed E-state index contributed by atoms with van der Waals surface area (Å²) in [7, 11) is 0. The van der Waals surface area contributed by atoms with E-state index in [0.29, 0.717) is 16.6 Å².